The van der Waals surface area contributed by atoms with Gasteiger partial charge in [0.1, 0.15) is 11.2 Å². The van der Waals surface area contributed by atoms with Crippen molar-refractivity contribution >= 4 is 23.0 Å². The largest absolute Gasteiger partial charge is 0.479 e. The average molecular weight is 439 g/mol. The number of anilines is 1. The first-order valence-corrected chi connectivity index (χ1v) is 10.2. The second kappa shape index (κ2) is 7.75. The topological polar surface area (TPSA) is 107 Å². The number of fused-ring (bicyclic) bond motifs is 2. The van der Waals surface area contributed by atoms with Crippen molar-refractivity contribution in [2.75, 3.05) is 32.7 Å². The van der Waals surface area contributed by atoms with E-state index in [1.54, 1.807) is 23.0 Å². The molecule has 2 N–H and O–H groups in total. The number of aromatic nitrogens is 5. The maximum atomic E-state index is 14.8. The van der Waals surface area contributed by atoms with Gasteiger partial charge in [-0.15, -0.1) is 5.10 Å². The van der Waals surface area contributed by atoms with Gasteiger partial charge in [-0.25, -0.2) is 13.9 Å². The van der Waals surface area contributed by atoms with Crippen molar-refractivity contribution in [2.24, 2.45) is 5.92 Å². The lowest BCUT2D eigenvalue weighted by molar-refractivity contribution is -0.0380. The Morgan fingerprint density at radius 3 is 2.91 bits per heavy atom. The summed E-state index contributed by atoms with van der Waals surface area (Å²) < 4.78 is 28.7. The number of amides is 1. The molecule has 5 rings (SSSR count). The molecule has 32 heavy (non-hydrogen) atoms. The molecule has 5 heterocycles. The Morgan fingerprint density at radius 2 is 2.22 bits per heavy atom. The first-order chi connectivity index (χ1) is 15.5. The van der Waals surface area contributed by atoms with E-state index in [-0.39, 0.29) is 23.3 Å². The monoisotopic (exact) mass is 439 g/mol. The van der Waals surface area contributed by atoms with Gasteiger partial charge in [0.25, 0.3) is 5.91 Å². The number of hydrogen-bond donors (Lipinski definition) is 2. The van der Waals surface area contributed by atoms with Gasteiger partial charge in [-0.2, -0.15) is 4.98 Å². The SMILES string of the molecule is CNC(=O)c1cnc2c(F)cc(-c3ccn4nc(N[C@@H](C)C5COC5)nc(OC)c34)cn12. The van der Waals surface area contributed by atoms with Gasteiger partial charge in [0, 0.05) is 42.5 Å². The van der Waals surface area contributed by atoms with E-state index in [0.717, 1.165) is 0 Å². The van der Waals surface area contributed by atoms with E-state index >= 15 is 0 Å². The van der Waals surface area contributed by atoms with Crippen LogP contribution in [0.25, 0.3) is 22.3 Å². The summed E-state index contributed by atoms with van der Waals surface area (Å²) in [5.74, 6) is 0.260. The lowest BCUT2D eigenvalue weighted by atomic mass is 10.0. The first kappa shape index (κ1) is 20.2. The minimum atomic E-state index is -0.549. The third-order valence-electron chi connectivity index (χ3n) is 5.73. The highest BCUT2D eigenvalue weighted by Crippen LogP contribution is 2.33. The molecule has 0 aliphatic carbocycles. The van der Waals surface area contributed by atoms with Crippen LogP contribution in [-0.2, 0) is 4.74 Å². The van der Waals surface area contributed by atoms with Crippen molar-refractivity contribution in [3.63, 3.8) is 0 Å². The van der Waals surface area contributed by atoms with Gasteiger partial charge < -0.3 is 20.1 Å². The Kier molecular flexibility index (Phi) is 4.89. The highest BCUT2D eigenvalue weighted by atomic mass is 19.1. The fourth-order valence-corrected chi connectivity index (χ4v) is 3.78. The number of carbonyl (C=O) groups is 1. The Labute approximate surface area is 182 Å². The van der Waals surface area contributed by atoms with E-state index < -0.39 is 5.82 Å². The van der Waals surface area contributed by atoms with E-state index in [1.807, 2.05) is 0 Å². The molecule has 0 saturated carbocycles. The number of imidazole rings is 1. The number of ether oxygens (including phenoxy) is 2. The van der Waals surface area contributed by atoms with E-state index in [4.69, 9.17) is 9.47 Å². The normalized spacial score (nSPS) is 15.0. The molecule has 0 aromatic carbocycles. The molecule has 1 amide bonds. The van der Waals surface area contributed by atoms with Gasteiger partial charge in [0.2, 0.25) is 11.8 Å². The second-order valence-electron chi connectivity index (χ2n) is 7.69. The van der Waals surface area contributed by atoms with E-state index in [0.29, 0.717) is 47.6 Å². The van der Waals surface area contributed by atoms with E-state index in [1.165, 1.54) is 30.8 Å². The number of pyridine rings is 1. The molecule has 1 fully saturated rings. The first-order valence-electron chi connectivity index (χ1n) is 10.2. The molecule has 1 aliphatic rings. The highest BCUT2D eigenvalue weighted by Gasteiger charge is 2.26. The summed E-state index contributed by atoms with van der Waals surface area (Å²) in [4.78, 5) is 20.7. The third-order valence-corrected chi connectivity index (χ3v) is 5.73. The van der Waals surface area contributed by atoms with E-state index in [9.17, 15) is 9.18 Å². The van der Waals surface area contributed by atoms with Crippen LogP contribution in [0, 0.1) is 11.7 Å². The molecule has 1 aliphatic heterocycles. The van der Waals surface area contributed by atoms with Crippen LogP contribution in [0.4, 0.5) is 10.3 Å². The van der Waals surface area contributed by atoms with Gasteiger partial charge in [0.15, 0.2) is 11.5 Å². The minimum Gasteiger partial charge on any atom is -0.479 e. The molecule has 10 nitrogen and oxygen atoms in total. The molecule has 4 aromatic heterocycles. The van der Waals surface area contributed by atoms with Crippen LogP contribution in [0.15, 0.2) is 30.7 Å². The number of hydrogen-bond acceptors (Lipinski definition) is 7. The molecule has 0 bridgehead atoms. The molecule has 1 saturated heterocycles. The summed E-state index contributed by atoms with van der Waals surface area (Å²) in [5, 5.41) is 10.4. The minimum absolute atomic E-state index is 0.0690. The summed E-state index contributed by atoms with van der Waals surface area (Å²) in [6.07, 6.45) is 4.76. The number of rotatable bonds is 6. The number of carbonyl (C=O) groups excluding carboxylic acids is 1. The Morgan fingerprint density at radius 1 is 1.41 bits per heavy atom. The van der Waals surface area contributed by atoms with Crippen LogP contribution in [-0.4, -0.2) is 63.3 Å². The smallest absolute Gasteiger partial charge is 0.269 e. The summed E-state index contributed by atoms with van der Waals surface area (Å²) in [6.45, 7) is 3.48. The van der Waals surface area contributed by atoms with E-state index in [2.05, 4.69) is 32.6 Å². The Bertz CT molecular complexity index is 1330. The quantitative estimate of drug-likeness (QED) is 0.473. The van der Waals surface area contributed by atoms with Gasteiger partial charge in [-0.05, 0) is 19.1 Å². The zero-order valence-electron chi connectivity index (χ0n) is 17.8. The Hall–Kier alpha value is -3.73. The molecule has 1 atom stereocenters. The van der Waals surface area contributed by atoms with Gasteiger partial charge in [0.05, 0.1) is 26.5 Å². The van der Waals surface area contributed by atoms with Crippen molar-refractivity contribution in [2.45, 2.75) is 13.0 Å². The standard InChI is InChI=1S/C21H22FN7O3/c1-11(13-9-32-10-13)25-21-26-20(31-3)17-14(4-5-29(17)27-21)12-6-15(22)18-24-7-16(19(30)23-2)28(18)8-12/h4-8,11,13H,9-10H2,1-3H3,(H,23,30)(H,25,27)/t11-/m0/s1. The zero-order chi connectivity index (χ0) is 22.4. The van der Waals surface area contributed by atoms with Crippen LogP contribution in [0.5, 0.6) is 5.88 Å². The summed E-state index contributed by atoms with van der Waals surface area (Å²) >= 11 is 0. The van der Waals surface area contributed by atoms with Crippen molar-refractivity contribution in [1.29, 1.82) is 0 Å². The molecule has 166 valence electrons. The Balaban J connectivity index is 1.60. The van der Waals surface area contributed by atoms with Crippen LogP contribution < -0.4 is 15.4 Å². The number of nitrogens with zero attached hydrogens (tertiary/aromatic N) is 5. The van der Waals surface area contributed by atoms with Crippen molar-refractivity contribution in [3.8, 4) is 17.0 Å². The molecule has 11 heteroatoms. The fourth-order valence-electron chi connectivity index (χ4n) is 3.78. The van der Waals surface area contributed by atoms with Crippen LogP contribution in [0.3, 0.4) is 0 Å². The molecular weight excluding hydrogens is 417 g/mol. The van der Waals surface area contributed by atoms with Crippen LogP contribution in [0.1, 0.15) is 17.4 Å². The molecule has 0 unspecified atom stereocenters. The third kappa shape index (κ3) is 3.21. The summed E-state index contributed by atoms with van der Waals surface area (Å²) in [6, 6.07) is 3.31. The molecule has 0 radical (unpaired) electrons. The maximum absolute atomic E-state index is 14.8. The van der Waals surface area contributed by atoms with Crippen molar-refractivity contribution in [1.82, 2.24) is 29.3 Å². The number of methoxy groups -OCH3 is 1. The maximum Gasteiger partial charge on any atom is 0.269 e. The predicted molar refractivity (Wildman–Crippen MR) is 114 cm³/mol. The highest BCUT2D eigenvalue weighted by molar-refractivity contribution is 5.93. The summed E-state index contributed by atoms with van der Waals surface area (Å²) in [5.41, 5.74) is 2.07. The number of halogens is 1. The average Bonchev–Trinajstić information content (AvgIpc) is 3.35. The van der Waals surface area contributed by atoms with Crippen LogP contribution in [0.2, 0.25) is 0 Å². The second-order valence-corrected chi connectivity index (χ2v) is 7.69. The van der Waals surface area contributed by atoms with Crippen molar-refractivity contribution in [3.05, 3.63) is 42.2 Å². The molecule has 0 spiro atoms. The van der Waals surface area contributed by atoms with Gasteiger partial charge in [-0.1, -0.05) is 0 Å². The van der Waals surface area contributed by atoms with Gasteiger partial charge in [-0.3, -0.25) is 9.20 Å². The zero-order valence-corrected chi connectivity index (χ0v) is 17.8. The molecular formula is C21H22FN7O3. The fraction of sp³-hybridized carbons (Fsp3) is 0.333. The predicted octanol–water partition coefficient (Wildman–Crippen LogP) is 2.00. The summed E-state index contributed by atoms with van der Waals surface area (Å²) in [7, 11) is 3.03. The van der Waals surface area contributed by atoms with Gasteiger partial charge >= 0.3 is 0 Å². The number of nitrogens with one attached hydrogen (secondary N) is 2. The lowest BCUT2D eigenvalue weighted by Gasteiger charge is -2.31. The van der Waals surface area contributed by atoms with Crippen molar-refractivity contribution < 1.29 is 18.7 Å². The van der Waals surface area contributed by atoms with Crippen LogP contribution >= 0.6 is 0 Å². The lowest BCUT2D eigenvalue weighted by Crippen LogP contribution is -2.40. The molecule has 4 aromatic rings.